The first-order valence-corrected chi connectivity index (χ1v) is 18.8. The molecule has 0 unspecified atom stereocenters. The minimum Gasteiger partial charge on any atom is -0.490 e. The number of urea groups is 1. The van der Waals surface area contributed by atoms with Crippen LogP contribution in [0.15, 0.2) is 115 Å². The van der Waals surface area contributed by atoms with Crippen LogP contribution in [0.1, 0.15) is 70.5 Å². The van der Waals surface area contributed by atoms with Crippen molar-refractivity contribution in [3.05, 3.63) is 159 Å². The van der Waals surface area contributed by atoms with Gasteiger partial charge in [0.25, 0.3) is 11.8 Å². The van der Waals surface area contributed by atoms with Crippen molar-refractivity contribution in [2.75, 3.05) is 29.5 Å². The number of benzene rings is 5. The molecule has 272 valence electrons. The summed E-state index contributed by atoms with van der Waals surface area (Å²) in [5, 5.41) is 2.68. The molecular formula is C45H40ClN3O5. The van der Waals surface area contributed by atoms with Gasteiger partial charge in [-0.05, 0) is 90.4 Å². The Morgan fingerprint density at radius 2 is 1.44 bits per heavy atom. The molecule has 0 radical (unpaired) electrons. The van der Waals surface area contributed by atoms with Gasteiger partial charge in [-0.25, -0.2) is 9.69 Å². The fourth-order valence-corrected chi connectivity index (χ4v) is 8.33. The van der Waals surface area contributed by atoms with Crippen molar-refractivity contribution in [1.29, 1.82) is 0 Å². The van der Waals surface area contributed by atoms with Gasteiger partial charge in [0.1, 0.15) is 12.2 Å². The van der Waals surface area contributed by atoms with E-state index in [9.17, 15) is 14.4 Å². The highest BCUT2D eigenvalue weighted by molar-refractivity contribution is 6.39. The zero-order chi connectivity index (χ0) is 37.3. The summed E-state index contributed by atoms with van der Waals surface area (Å²) in [5.41, 5.74) is 8.41. The molecule has 0 spiro atoms. The van der Waals surface area contributed by atoms with Crippen LogP contribution < -0.4 is 24.6 Å². The van der Waals surface area contributed by atoms with E-state index in [4.69, 9.17) is 21.1 Å². The molecule has 9 heteroatoms. The normalized spacial score (nSPS) is 18.7. The van der Waals surface area contributed by atoms with Gasteiger partial charge < -0.3 is 14.4 Å². The van der Waals surface area contributed by atoms with Crippen LogP contribution in [0.5, 0.6) is 11.5 Å². The van der Waals surface area contributed by atoms with E-state index in [-0.39, 0.29) is 29.0 Å². The summed E-state index contributed by atoms with van der Waals surface area (Å²) < 4.78 is 12.0. The highest BCUT2D eigenvalue weighted by atomic mass is 35.5. The van der Waals surface area contributed by atoms with Crippen molar-refractivity contribution in [3.8, 4) is 11.5 Å². The van der Waals surface area contributed by atoms with Crippen molar-refractivity contribution < 1.29 is 23.9 Å². The van der Waals surface area contributed by atoms with Gasteiger partial charge in [0.05, 0.1) is 17.3 Å². The molecule has 54 heavy (non-hydrogen) atoms. The second-order valence-electron chi connectivity index (χ2n) is 14.0. The summed E-state index contributed by atoms with van der Waals surface area (Å²) in [6.07, 6.45) is 3.24. The van der Waals surface area contributed by atoms with Gasteiger partial charge in [-0.2, -0.15) is 0 Å². The number of amides is 4. The number of nitrogens with one attached hydrogen (secondary N) is 1. The summed E-state index contributed by atoms with van der Waals surface area (Å²) in [4.78, 5) is 45.0. The number of anilines is 2. The Labute approximate surface area is 320 Å². The Kier molecular flexibility index (Phi) is 9.69. The number of hydrogen-bond acceptors (Lipinski definition) is 6. The number of imide groups is 2. The van der Waals surface area contributed by atoms with Gasteiger partial charge in [-0.3, -0.25) is 14.9 Å². The molecule has 4 amide bonds. The molecular weight excluding hydrogens is 698 g/mol. The monoisotopic (exact) mass is 737 g/mol. The molecule has 8 rings (SSSR count). The predicted octanol–water partition coefficient (Wildman–Crippen LogP) is 9.17. The molecule has 0 bridgehead atoms. The van der Waals surface area contributed by atoms with Gasteiger partial charge in [0.2, 0.25) is 0 Å². The first-order chi connectivity index (χ1) is 26.3. The Morgan fingerprint density at radius 1 is 0.796 bits per heavy atom. The lowest BCUT2D eigenvalue weighted by atomic mass is 9.76. The Balaban J connectivity index is 1.19. The lowest BCUT2D eigenvalue weighted by Gasteiger charge is -2.44. The van der Waals surface area contributed by atoms with E-state index in [0.717, 1.165) is 53.1 Å². The van der Waals surface area contributed by atoms with Crippen LogP contribution in [-0.4, -0.2) is 37.5 Å². The van der Waals surface area contributed by atoms with Gasteiger partial charge in [-0.1, -0.05) is 102 Å². The lowest BCUT2D eigenvalue weighted by Crippen LogP contribution is -2.54. The molecule has 8 nitrogen and oxygen atoms in total. The van der Waals surface area contributed by atoms with Crippen molar-refractivity contribution >= 4 is 46.9 Å². The van der Waals surface area contributed by atoms with E-state index in [2.05, 4.69) is 34.5 Å². The average Bonchev–Trinajstić information content (AvgIpc) is 3.17. The van der Waals surface area contributed by atoms with Crippen LogP contribution in [0.4, 0.5) is 16.2 Å². The third-order valence-corrected chi connectivity index (χ3v) is 10.7. The van der Waals surface area contributed by atoms with Crippen LogP contribution >= 0.6 is 11.6 Å². The van der Waals surface area contributed by atoms with Crippen LogP contribution in [0, 0.1) is 6.92 Å². The summed E-state index contributed by atoms with van der Waals surface area (Å²) in [5.74, 6) is -0.646. The van der Waals surface area contributed by atoms with Crippen molar-refractivity contribution in [2.24, 2.45) is 0 Å². The zero-order valence-electron chi connectivity index (χ0n) is 30.2. The number of barbiturate groups is 1. The van der Waals surface area contributed by atoms with E-state index in [1.807, 2.05) is 86.6 Å². The number of rotatable bonds is 9. The van der Waals surface area contributed by atoms with E-state index >= 15 is 0 Å². The van der Waals surface area contributed by atoms with Crippen LogP contribution in [0.3, 0.4) is 0 Å². The summed E-state index contributed by atoms with van der Waals surface area (Å²) in [6, 6.07) is 35.1. The molecule has 2 atom stereocenters. The predicted molar refractivity (Wildman–Crippen MR) is 212 cm³/mol. The van der Waals surface area contributed by atoms with Gasteiger partial charge in [0.15, 0.2) is 11.5 Å². The number of halogens is 1. The van der Waals surface area contributed by atoms with Gasteiger partial charge >= 0.3 is 6.03 Å². The Morgan fingerprint density at radius 3 is 2.06 bits per heavy atom. The quantitative estimate of drug-likeness (QED) is 0.120. The Hall–Kier alpha value is -5.86. The largest absolute Gasteiger partial charge is 0.490 e. The molecule has 3 aliphatic heterocycles. The number of hydrogen-bond donors (Lipinski definition) is 1. The molecule has 0 aromatic heterocycles. The average molecular weight is 738 g/mol. The van der Waals surface area contributed by atoms with Crippen molar-refractivity contribution in [2.45, 2.75) is 45.1 Å². The van der Waals surface area contributed by atoms with E-state index in [0.29, 0.717) is 29.4 Å². The second kappa shape index (κ2) is 14.9. The first kappa shape index (κ1) is 35.2. The SMILES string of the molecule is CCOc1cc(/C=C2\C(=O)NC(=O)N(c3cc4c5c(c3)[C@@H](c3ccccc3)CCN5CC[C@@H]4c3ccccc3)C2=O)cc(Cl)c1OCc1cccc(C)c1. The van der Waals surface area contributed by atoms with Crippen LogP contribution in [0.25, 0.3) is 6.08 Å². The fraction of sp³-hybridized carbons (Fsp3) is 0.222. The maximum Gasteiger partial charge on any atom is 0.335 e. The highest BCUT2D eigenvalue weighted by Gasteiger charge is 2.40. The van der Waals surface area contributed by atoms with Gasteiger partial charge in [-0.15, -0.1) is 0 Å². The third-order valence-electron chi connectivity index (χ3n) is 10.5. The second-order valence-corrected chi connectivity index (χ2v) is 14.4. The molecule has 5 aromatic rings. The topological polar surface area (TPSA) is 88.2 Å². The molecule has 0 saturated carbocycles. The number of aryl methyl sites for hydroxylation is 1. The van der Waals surface area contributed by atoms with Crippen molar-refractivity contribution in [3.63, 3.8) is 0 Å². The van der Waals surface area contributed by atoms with Crippen LogP contribution in [0.2, 0.25) is 5.02 Å². The maximum atomic E-state index is 14.4. The van der Waals surface area contributed by atoms with E-state index in [1.165, 1.54) is 22.9 Å². The molecule has 5 aromatic carbocycles. The van der Waals surface area contributed by atoms with Crippen molar-refractivity contribution in [1.82, 2.24) is 5.32 Å². The summed E-state index contributed by atoms with van der Waals surface area (Å²) >= 11 is 6.76. The standard InChI is InChI=1S/C45H40ClN3O5/c1-3-53-40-24-30(23-39(46)42(40)54-27-29-12-10-11-28(2)21-29)22-38-43(50)47-45(52)49(44(38)51)33-25-36-34(31-13-6-4-7-14-31)17-19-48-20-18-35(37(26-33)41(36)48)32-15-8-5-9-16-32/h4-16,21-26,34-35H,3,17-20,27H2,1-2H3,(H,47,50,52)/b38-22+/t34-,35-/m1/s1. The smallest absolute Gasteiger partial charge is 0.335 e. The molecule has 3 heterocycles. The van der Waals surface area contributed by atoms with E-state index < -0.39 is 17.8 Å². The Bertz CT molecular complexity index is 2220. The summed E-state index contributed by atoms with van der Waals surface area (Å²) in [6.45, 7) is 6.29. The summed E-state index contributed by atoms with van der Waals surface area (Å²) in [7, 11) is 0. The number of carbonyl (C=O) groups is 3. The number of nitrogens with zero attached hydrogens (tertiary/aromatic N) is 2. The third kappa shape index (κ3) is 6.74. The molecule has 0 aliphatic carbocycles. The van der Waals surface area contributed by atoms with E-state index in [1.54, 1.807) is 12.1 Å². The van der Waals surface area contributed by atoms with Gasteiger partial charge in [0, 0.05) is 30.6 Å². The number of ether oxygens (including phenoxy) is 2. The first-order valence-electron chi connectivity index (χ1n) is 18.4. The molecule has 1 N–H and O–H groups in total. The fourth-order valence-electron chi connectivity index (χ4n) is 8.06. The molecule has 1 fully saturated rings. The molecule has 3 aliphatic rings. The molecule has 1 saturated heterocycles. The lowest BCUT2D eigenvalue weighted by molar-refractivity contribution is -0.122. The van der Waals surface area contributed by atoms with Crippen LogP contribution in [-0.2, 0) is 16.2 Å². The highest BCUT2D eigenvalue weighted by Crippen LogP contribution is 2.50. The minimum atomic E-state index is -0.793. The zero-order valence-corrected chi connectivity index (χ0v) is 30.9. The maximum absolute atomic E-state index is 14.4. The minimum absolute atomic E-state index is 0.0658. The number of carbonyl (C=O) groups excluding carboxylic acids is 3.